The Morgan fingerprint density at radius 2 is 1.90 bits per heavy atom. The van der Waals surface area contributed by atoms with Gasteiger partial charge in [0.05, 0.1) is 5.56 Å². The number of aromatic nitrogens is 3. The van der Waals surface area contributed by atoms with Gasteiger partial charge in [-0.3, -0.25) is 19.1 Å². The molecule has 3 aromatic heterocycles. The molecule has 0 aliphatic heterocycles. The first-order valence-corrected chi connectivity index (χ1v) is 8.99. The monoisotopic (exact) mass is 385 g/mol. The molecule has 0 aliphatic carbocycles. The predicted octanol–water partition coefficient (Wildman–Crippen LogP) is 2.95. The molecular formula is C22H19N5O2. The average Bonchev–Trinajstić information content (AvgIpc) is 3.16. The fourth-order valence-corrected chi connectivity index (χ4v) is 3.23. The van der Waals surface area contributed by atoms with E-state index in [1.54, 1.807) is 36.8 Å². The van der Waals surface area contributed by atoms with Gasteiger partial charge in [0.15, 0.2) is 0 Å². The summed E-state index contributed by atoms with van der Waals surface area (Å²) in [6.07, 6.45) is 6.47. The molecular weight excluding hydrogens is 366 g/mol. The molecule has 4 aromatic rings. The van der Waals surface area contributed by atoms with Crippen LogP contribution in [0.4, 0.5) is 5.69 Å². The highest BCUT2D eigenvalue weighted by Gasteiger charge is 2.16. The number of hydrogen-bond donors (Lipinski definition) is 1. The minimum atomic E-state index is -0.506. The van der Waals surface area contributed by atoms with E-state index in [9.17, 15) is 9.59 Å². The van der Waals surface area contributed by atoms with Gasteiger partial charge in [0.1, 0.15) is 5.65 Å². The minimum absolute atomic E-state index is 0.207. The molecule has 0 fully saturated rings. The van der Waals surface area contributed by atoms with Crippen LogP contribution in [0.25, 0.3) is 22.2 Å². The number of nitrogens with zero attached hydrogens (tertiary/aromatic N) is 4. The van der Waals surface area contributed by atoms with E-state index in [-0.39, 0.29) is 5.91 Å². The Kier molecular flexibility index (Phi) is 4.56. The molecule has 0 aliphatic rings. The van der Waals surface area contributed by atoms with Gasteiger partial charge in [-0.15, -0.1) is 0 Å². The van der Waals surface area contributed by atoms with Crippen LogP contribution in [0.2, 0.25) is 0 Å². The molecule has 0 unspecified atom stereocenters. The number of rotatable bonds is 4. The van der Waals surface area contributed by atoms with Gasteiger partial charge >= 0.3 is 0 Å². The van der Waals surface area contributed by atoms with Crippen LogP contribution in [-0.2, 0) is 0 Å². The molecule has 29 heavy (non-hydrogen) atoms. The Morgan fingerprint density at radius 1 is 1.07 bits per heavy atom. The molecule has 7 heteroatoms. The molecule has 0 saturated heterocycles. The Balaban J connectivity index is 1.78. The van der Waals surface area contributed by atoms with Crippen molar-refractivity contribution in [2.45, 2.75) is 0 Å². The number of benzene rings is 1. The molecule has 1 aromatic carbocycles. The molecule has 0 radical (unpaired) electrons. The van der Waals surface area contributed by atoms with Crippen LogP contribution in [0.15, 0.2) is 67.3 Å². The first kappa shape index (κ1) is 18.4. The smallest absolute Gasteiger partial charge is 0.265 e. The molecule has 2 N–H and O–H groups in total. The van der Waals surface area contributed by atoms with Crippen LogP contribution in [0.5, 0.6) is 0 Å². The van der Waals surface area contributed by atoms with Crippen molar-refractivity contribution in [2.24, 2.45) is 5.73 Å². The van der Waals surface area contributed by atoms with Crippen molar-refractivity contribution in [1.29, 1.82) is 0 Å². The lowest BCUT2D eigenvalue weighted by Gasteiger charge is -2.15. The summed E-state index contributed by atoms with van der Waals surface area (Å²) >= 11 is 0. The fraction of sp³-hybridized carbons (Fsp3) is 0.0909. The minimum Gasteiger partial charge on any atom is -0.378 e. The maximum absolute atomic E-state index is 12.7. The van der Waals surface area contributed by atoms with E-state index in [2.05, 4.69) is 9.97 Å². The lowest BCUT2D eigenvalue weighted by Crippen LogP contribution is -2.15. The second kappa shape index (κ2) is 7.20. The number of carbonyl (C=O) groups is 2. The van der Waals surface area contributed by atoms with Gasteiger partial charge in [-0.1, -0.05) is 6.07 Å². The first-order valence-electron chi connectivity index (χ1n) is 8.99. The van der Waals surface area contributed by atoms with Crippen molar-refractivity contribution in [1.82, 2.24) is 14.5 Å². The summed E-state index contributed by atoms with van der Waals surface area (Å²) in [5.41, 5.74) is 9.37. The van der Waals surface area contributed by atoms with E-state index in [0.717, 1.165) is 16.6 Å². The summed E-state index contributed by atoms with van der Waals surface area (Å²) in [4.78, 5) is 35.1. The third-order valence-electron chi connectivity index (χ3n) is 4.75. The summed E-state index contributed by atoms with van der Waals surface area (Å²) in [7, 11) is 3.80. The zero-order valence-electron chi connectivity index (χ0n) is 16.0. The second-order valence-electron chi connectivity index (χ2n) is 6.86. The van der Waals surface area contributed by atoms with Crippen molar-refractivity contribution in [3.05, 3.63) is 78.4 Å². The van der Waals surface area contributed by atoms with E-state index in [4.69, 9.17) is 5.73 Å². The Morgan fingerprint density at radius 3 is 2.59 bits per heavy atom. The summed E-state index contributed by atoms with van der Waals surface area (Å²) in [5, 5.41) is 0.784. The zero-order valence-corrected chi connectivity index (χ0v) is 16.0. The third kappa shape index (κ3) is 3.34. The SMILES string of the molecule is CN(C)c1ccc(-c2cnc3c(ccn3C(=O)c3cccnc3)c2)c(C(N)=O)c1. The van der Waals surface area contributed by atoms with Crippen molar-refractivity contribution < 1.29 is 9.59 Å². The average molecular weight is 385 g/mol. The Hall–Kier alpha value is -4.00. The molecule has 144 valence electrons. The van der Waals surface area contributed by atoms with E-state index in [1.807, 2.05) is 43.3 Å². The molecule has 0 atom stereocenters. The van der Waals surface area contributed by atoms with Gasteiger partial charge in [0, 0.05) is 61.1 Å². The Bertz CT molecular complexity index is 1230. The lowest BCUT2D eigenvalue weighted by molar-refractivity contribution is 0.0962. The topological polar surface area (TPSA) is 94.1 Å². The third-order valence-corrected chi connectivity index (χ3v) is 4.75. The largest absolute Gasteiger partial charge is 0.378 e. The van der Waals surface area contributed by atoms with Crippen LogP contribution in [0, 0.1) is 0 Å². The van der Waals surface area contributed by atoms with E-state index in [1.165, 1.54) is 10.8 Å². The van der Waals surface area contributed by atoms with Crippen molar-refractivity contribution >= 4 is 28.5 Å². The van der Waals surface area contributed by atoms with Gasteiger partial charge in [0.25, 0.3) is 5.91 Å². The standard InChI is InChI=1S/C22H19N5O2/c1-26(2)17-5-6-18(19(11-17)20(23)28)16-10-14-7-9-27(21(14)25-13-16)22(29)15-4-3-8-24-12-15/h3-13H,1-2H3,(H2,23,28). The maximum Gasteiger partial charge on any atom is 0.265 e. The van der Waals surface area contributed by atoms with Crippen LogP contribution < -0.4 is 10.6 Å². The summed E-state index contributed by atoms with van der Waals surface area (Å²) in [6.45, 7) is 0. The number of amides is 1. The second-order valence-corrected chi connectivity index (χ2v) is 6.86. The van der Waals surface area contributed by atoms with Gasteiger partial charge in [-0.2, -0.15) is 0 Å². The molecule has 0 bridgehead atoms. The van der Waals surface area contributed by atoms with Gasteiger partial charge in [0.2, 0.25) is 5.91 Å². The van der Waals surface area contributed by atoms with Crippen LogP contribution in [-0.4, -0.2) is 40.4 Å². The zero-order chi connectivity index (χ0) is 20.5. The molecule has 0 saturated carbocycles. The molecule has 3 heterocycles. The highest BCUT2D eigenvalue weighted by atomic mass is 16.2. The first-order chi connectivity index (χ1) is 14.0. The van der Waals surface area contributed by atoms with Gasteiger partial charge in [-0.25, -0.2) is 4.98 Å². The number of pyridine rings is 2. The van der Waals surface area contributed by atoms with Crippen molar-refractivity contribution in [2.75, 3.05) is 19.0 Å². The highest BCUT2D eigenvalue weighted by molar-refractivity contribution is 6.03. The number of hydrogen-bond acceptors (Lipinski definition) is 5. The molecule has 1 amide bonds. The van der Waals surface area contributed by atoms with Crippen molar-refractivity contribution in [3.63, 3.8) is 0 Å². The molecule has 7 nitrogen and oxygen atoms in total. The predicted molar refractivity (Wildman–Crippen MR) is 112 cm³/mol. The van der Waals surface area contributed by atoms with Crippen LogP contribution >= 0.6 is 0 Å². The van der Waals surface area contributed by atoms with Gasteiger partial charge < -0.3 is 10.6 Å². The fourth-order valence-electron chi connectivity index (χ4n) is 3.23. The highest BCUT2D eigenvalue weighted by Crippen LogP contribution is 2.29. The quantitative estimate of drug-likeness (QED) is 0.583. The Labute approximate surface area is 167 Å². The summed E-state index contributed by atoms with van der Waals surface area (Å²) in [6, 6.07) is 12.7. The molecule has 0 spiro atoms. The number of anilines is 1. The van der Waals surface area contributed by atoms with Gasteiger partial charge in [-0.05, 0) is 42.0 Å². The lowest BCUT2D eigenvalue weighted by atomic mass is 9.99. The van der Waals surface area contributed by atoms with E-state index in [0.29, 0.717) is 22.3 Å². The normalized spacial score (nSPS) is 10.8. The number of primary amides is 1. The summed E-state index contributed by atoms with van der Waals surface area (Å²) in [5.74, 6) is -0.713. The number of fused-ring (bicyclic) bond motifs is 1. The number of nitrogens with two attached hydrogens (primary N) is 1. The summed E-state index contributed by atoms with van der Waals surface area (Å²) < 4.78 is 1.49. The van der Waals surface area contributed by atoms with Crippen LogP contribution in [0.1, 0.15) is 20.7 Å². The van der Waals surface area contributed by atoms with E-state index < -0.39 is 5.91 Å². The number of carbonyl (C=O) groups excluding carboxylic acids is 2. The maximum atomic E-state index is 12.7. The molecule has 4 rings (SSSR count). The van der Waals surface area contributed by atoms with Crippen molar-refractivity contribution in [3.8, 4) is 11.1 Å². The van der Waals surface area contributed by atoms with Crippen LogP contribution in [0.3, 0.4) is 0 Å². The van der Waals surface area contributed by atoms with E-state index >= 15 is 0 Å².